The Bertz CT molecular complexity index is 494. The minimum Gasteiger partial charge on any atom is -0.394 e. The predicted molar refractivity (Wildman–Crippen MR) is 74.5 cm³/mol. The van der Waals surface area contributed by atoms with Gasteiger partial charge in [0.2, 0.25) is 0 Å². The van der Waals surface area contributed by atoms with Crippen LogP contribution in [0.15, 0.2) is 30.8 Å². The number of hydrogen-bond donors (Lipinski definition) is 1. The Hall–Kier alpha value is -1.61. The summed E-state index contributed by atoms with van der Waals surface area (Å²) in [6.45, 7) is 4.11. The molecule has 0 unspecified atom stereocenters. The monoisotopic (exact) mass is 257 g/mol. The number of carbonyl (C=O) groups excluding carboxylic acids is 1. The summed E-state index contributed by atoms with van der Waals surface area (Å²) in [6, 6.07) is 7.58. The van der Waals surface area contributed by atoms with Gasteiger partial charge in [-0.2, -0.15) is 0 Å². The molecule has 1 heterocycles. The van der Waals surface area contributed by atoms with Crippen molar-refractivity contribution in [1.29, 1.82) is 0 Å². The van der Waals surface area contributed by atoms with Gasteiger partial charge in [0, 0.05) is 16.8 Å². The van der Waals surface area contributed by atoms with Gasteiger partial charge >= 0.3 is 0 Å². The Morgan fingerprint density at radius 1 is 1.16 bits per heavy atom. The quantitative estimate of drug-likeness (QED) is 0.885. The van der Waals surface area contributed by atoms with E-state index < -0.39 is 5.54 Å². The molecule has 0 aromatic heterocycles. The number of fused-ring (bicyclic) bond motifs is 1. The summed E-state index contributed by atoms with van der Waals surface area (Å²) in [5.41, 5.74) is 1.93. The second-order valence-corrected chi connectivity index (χ2v) is 5.58. The third-order valence-electron chi connectivity index (χ3n) is 4.49. The summed E-state index contributed by atoms with van der Waals surface area (Å²) in [4.78, 5) is 14.4. The van der Waals surface area contributed by atoms with Gasteiger partial charge in [0.25, 0.3) is 5.91 Å². The lowest BCUT2D eigenvalue weighted by Crippen LogP contribution is -2.52. The number of nitrogens with zero attached hydrogens (tertiary/aromatic N) is 1. The molecule has 1 aromatic carbocycles. The van der Waals surface area contributed by atoms with E-state index in [1.807, 2.05) is 24.3 Å². The van der Waals surface area contributed by atoms with E-state index in [4.69, 9.17) is 0 Å². The zero-order chi connectivity index (χ0) is 13.5. The molecule has 100 valence electrons. The van der Waals surface area contributed by atoms with Crippen LogP contribution in [0.2, 0.25) is 0 Å². The largest absolute Gasteiger partial charge is 0.394 e. The number of aliphatic hydroxyl groups is 1. The fourth-order valence-electron chi connectivity index (χ4n) is 3.45. The van der Waals surface area contributed by atoms with Gasteiger partial charge < -0.3 is 5.11 Å². The highest BCUT2D eigenvalue weighted by molar-refractivity contribution is 6.09. The van der Waals surface area contributed by atoms with Crippen molar-refractivity contribution >= 4 is 11.6 Å². The van der Waals surface area contributed by atoms with E-state index in [9.17, 15) is 9.90 Å². The molecule has 1 amide bonds. The molecule has 1 aromatic rings. The van der Waals surface area contributed by atoms with Crippen LogP contribution in [0.1, 0.15) is 48.0 Å². The number of hydrogen-bond acceptors (Lipinski definition) is 2. The number of carbonyl (C=O) groups is 1. The Morgan fingerprint density at radius 2 is 1.79 bits per heavy atom. The van der Waals surface area contributed by atoms with Crippen LogP contribution in [-0.2, 0) is 0 Å². The summed E-state index contributed by atoms with van der Waals surface area (Å²) in [6.07, 6.45) is 5.04. The molecule has 0 radical (unpaired) electrons. The average Bonchev–Trinajstić information content (AvgIpc) is 2.73. The summed E-state index contributed by atoms with van der Waals surface area (Å²) in [5.74, 6) is -0.00319. The van der Waals surface area contributed by atoms with Crippen molar-refractivity contribution < 1.29 is 9.90 Å². The van der Waals surface area contributed by atoms with Gasteiger partial charge in [-0.05, 0) is 18.9 Å². The maximum absolute atomic E-state index is 12.6. The molecule has 3 rings (SSSR count). The molecular formula is C16H19NO2. The third kappa shape index (κ3) is 1.72. The number of amides is 1. The van der Waals surface area contributed by atoms with E-state index in [0.717, 1.165) is 36.9 Å². The highest BCUT2D eigenvalue weighted by atomic mass is 16.3. The van der Waals surface area contributed by atoms with Crippen molar-refractivity contribution in [3.8, 4) is 0 Å². The van der Waals surface area contributed by atoms with E-state index in [0.29, 0.717) is 5.56 Å². The molecule has 0 saturated heterocycles. The third-order valence-corrected chi connectivity index (χ3v) is 4.49. The van der Waals surface area contributed by atoms with Crippen molar-refractivity contribution in [2.24, 2.45) is 0 Å². The Labute approximate surface area is 113 Å². The van der Waals surface area contributed by atoms with E-state index in [1.165, 1.54) is 6.42 Å². The van der Waals surface area contributed by atoms with Crippen LogP contribution >= 0.6 is 0 Å². The van der Waals surface area contributed by atoms with Gasteiger partial charge in [0.05, 0.1) is 12.1 Å². The van der Waals surface area contributed by atoms with Crippen LogP contribution in [-0.4, -0.2) is 28.1 Å². The summed E-state index contributed by atoms with van der Waals surface area (Å²) in [5, 5.41) is 9.88. The van der Waals surface area contributed by atoms with Gasteiger partial charge in [-0.15, -0.1) is 0 Å². The van der Waals surface area contributed by atoms with Crippen molar-refractivity contribution in [1.82, 2.24) is 4.90 Å². The minimum absolute atomic E-state index is 0.00319. The van der Waals surface area contributed by atoms with Crippen molar-refractivity contribution in [2.75, 3.05) is 6.61 Å². The molecule has 0 atom stereocenters. The van der Waals surface area contributed by atoms with Gasteiger partial charge in [-0.1, -0.05) is 44.0 Å². The molecule has 0 bridgehead atoms. The highest BCUT2D eigenvalue weighted by Gasteiger charge is 2.46. The molecule has 1 saturated carbocycles. The number of aliphatic hydroxyl groups excluding tert-OH is 1. The van der Waals surface area contributed by atoms with Gasteiger partial charge in [0.15, 0.2) is 0 Å². The first-order valence-corrected chi connectivity index (χ1v) is 6.93. The molecule has 1 fully saturated rings. The van der Waals surface area contributed by atoms with Crippen LogP contribution in [0.5, 0.6) is 0 Å². The van der Waals surface area contributed by atoms with Crippen LogP contribution in [0.3, 0.4) is 0 Å². The second kappa shape index (κ2) is 4.49. The van der Waals surface area contributed by atoms with Gasteiger partial charge in [-0.25, -0.2) is 0 Å². The van der Waals surface area contributed by atoms with E-state index in [-0.39, 0.29) is 12.5 Å². The SMILES string of the molecule is C=C1c2ccccc2C(=O)N1C1(CO)CCCCC1. The maximum atomic E-state index is 12.6. The first kappa shape index (κ1) is 12.4. The van der Waals surface area contributed by atoms with E-state index in [1.54, 1.807) is 4.90 Å². The molecule has 3 heteroatoms. The fraction of sp³-hybridized carbons (Fsp3) is 0.438. The van der Waals surface area contributed by atoms with Gasteiger partial charge in [-0.3, -0.25) is 9.69 Å². The lowest BCUT2D eigenvalue weighted by molar-refractivity contribution is 0.0337. The van der Waals surface area contributed by atoms with Gasteiger partial charge in [0.1, 0.15) is 0 Å². The summed E-state index contributed by atoms with van der Waals surface area (Å²) in [7, 11) is 0. The molecule has 1 aliphatic heterocycles. The molecular weight excluding hydrogens is 238 g/mol. The molecule has 1 aliphatic carbocycles. The average molecular weight is 257 g/mol. The predicted octanol–water partition coefficient (Wildman–Crippen LogP) is 2.81. The Balaban J connectivity index is 2.03. The molecule has 3 nitrogen and oxygen atoms in total. The summed E-state index contributed by atoms with van der Waals surface area (Å²) < 4.78 is 0. The normalized spacial score (nSPS) is 21.6. The molecule has 1 N–H and O–H groups in total. The number of benzene rings is 1. The summed E-state index contributed by atoms with van der Waals surface area (Å²) >= 11 is 0. The zero-order valence-corrected chi connectivity index (χ0v) is 11.1. The first-order valence-electron chi connectivity index (χ1n) is 6.93. The topological polar surface area (TPSA) is 40.5 Å². The minimum atomic E-state index is -0.439. The Kier molecular flexibility index (Phi) is 2.94. The van der Waals surface area contributed by atoms with Crippen LogP contribution in [0.4, 0.5) is 0 Å². The van der Waals surface area contributed by atoms with Crippen molar-refractivity contribution in [3.63, 3.8) is 0 Å². The van der Waals surface area contributed by atoms with Crippen molar-refractivity contribution in [3.05, 3.63) is 42.0 Å². The van der Waals surface area contributed by atoms with Crippen LogP contribution in [0, 0.1) is 0 Å². The molecule has 2 aliphatic rings. The lowest BCUT2D eigenvalue weighted by Gasteiger charge is -2.43. The fourth-order valence-corrected chi connectivity index (χ4v) is 3.45. The Morgan fingerprint density at radius 3 is 2.37 bits per heavy atom. The molecule has 0 spiro atoms. The van der Waals surface area contributed by atoms with Crippen molar-refractivity contribution in [2.45, 2.75) is 37.6 Å². The van der Waals surface area contributed by atoms with Crippen LogP contribution < -0.4 is 0 Å². The van der Waals surface area contributed by atoms with Crippen LogP contribution in [0.25, 0.3) is 5.70 Å². The maximum Gasteiger partial charge on any atom is 0.259 e. The van der Waals surface area contributed by atoms with E-state index >= 15 is 0 Å². The first-order chi connectivity index (χ1) is 9.19. The highest BCUT2D eigenvalue weighted by Crippen LogP contribution is 2.43. The number of rotatable bonds is 2. The zero-order valence-electron chi connectivity index (χ0n) is 11.1. The van der Waals surface area contributed by atoms with E-state index in [2.05, 4.69) is 6.58 Å². The molecule has 19 heavy (non-hydrogen) atoms. The second-order valence-electron chi connectivity index (χ2n) is 5.58. The standard InChI is InChI=1S/C16H19NO2/c1-12-13-7-3-4-8-14(13)15(19)17(12)16(11-18)9-5-2-6-10-16/h3-4,7-8,18H,1-2,5-6,9-11H2. The smallest absolute Gasteiger partial charge is 0.259 e. The lowest BCUT2D eigenvalue weighted by atomic mass is 9.80.